The maximum Gasteiger partial charge on any atom is 0.0544 e. The number of pyridine rings is 1. The molecule has 1 aromatic heterocycles. The van der Waals surface area contributed by atoms with Gasteiger partial charge in [0.15, 0.2) is 0 Å². The Morgan fingerprint density at radius 2 is 2.18 bits per heavy atom. The van der Waals surface area contributed by atoms with Gasteiger partial charge in [-0.25, -0.2) is 0 Å². The highest BCUT2D eigenvalue weighted by Crippen LogP contribution is 2.11. The number of piperazine rings is 1. The average Bonchev–Trinajstić information content (AvgIpc) is 2.27. The molecule has 96 valence electrons. The van der Waals surface area contributed by atoms with Crippen LogP contribution in [-0.2, 0) is 6.54 Å². The van der Waals surface area contributed by atoms with E-state index in [9.17, 15) is 0 Å². The highest BCUT2D eigenvalue weighted by molar-refractivity contribution is 5.85. The number of nitrogens with one attached hydrogen (secondary N) is 1. The minimum Gasteiger partial charge on any atom is -0.311 e. The molecule has 0 saturated carbocycles. The molecule has 2 atom stereocenters. The van der Waals surface area contributed by atoms with Crippen LogP contribution < -0.4 is 5.32 Å². The van der Waals surface area contributed by atoms with Crippen molar-refractivity contribution in [1.29, 1.82) is 0 Å². The SMILES string of the molecule is Cc1ccc(CN2CC(C)NCC2C)nc1.Cl. The Hall–Kier alpha value is -0.640. The van der Waals surface area contributed by atoms with Gasteiger partial charge in [0.25, 0.3) is 0 Å². The molecule has 0 aliphatic carbocycles. The number of aromatic nitrogens is 1. The Morgan fingerprint density at radius 3 is 2.82 bits per heavy atom. The first-order valence-corrected chi connectivity index (χ1v) is 6.04. The summed E-state index contributed by atoms with van der Waals surface area (Å²) in [6.45, 7) is 9.73. The van der Waals surface area contributed by atoms with Crippen LogP contribution in [0.1, 0.15) is 25.1 Å². The second-order valence-electron chi connectivity index (χ2n) is 4.91. The van der Waals surface area contributed by atoms with Gasteiger partial charge >= 0.3 is 0 Å². The Labute approximate surface area is 110 Å². The molecule has 2 rings (SSSR count). The normalized spacial score (nSPS) is 25.4. The lowest BCUT2D eigenvalue weighted by atomic mass is 10.1. The van der Waals surface area contributed by atoms with Gasteiger partial charge in [-0.05, 0) is 32.4 Å². The van der Waals surface area contributed by atoms with Crippen LogP contribution in [0.15, 0.2) is 18.3 Å². The van der Waals surface area contributed by atoms with Crippen molar-refractivity contribution in [3.63, 3.8) is 0 Å². The number of rotatable bonds is 2. The highest BCUT2D eigenvalue weighted by atomic mass is 35.5. The minimum atomic E-state index is 0. The predicted molar refractivity (Wildman–Crippen MR) is 73.6 cm³/mol. The van der Waals surface area contributed by atoms with Crippen LogP contribution in [0.5, 0.6) is 0 Å². The zero-order valence-corrected chi connectivity index (χ0v) is 11.6. The van der Waals surface area contributed by atoms with E-state index in [0.717, 1.165) is 19.6 Å². The van der Waals surface area contributed by atoms with Crippen molar-refractivity contribution >= 4 is 12.4 Å². The lowest BCUT2D eigenvalue weighted by molar-refractivity contribution is 0.137. The Balaban J connectivity index is 0.00000144. The summed E-state index contributed by atoms with van der Waals surface area (Å²) in [5.74, 6) is 0. The Kier molecular flexibility index (Phi) is 5.37. The molecule has 0 spiro atoms. The molecule has 4 heteroatoms. The molecule has 3 nitrogen and oxygen atoms in total. The van der Waals surface area contributed by atoms with Gasteiger partial charge in [-0.1, -0.05) is 6.07 Å². The fourth-order valence-corrected chi connectivity index (χ4v) is 2.12. The molecule has 0 bridgehead atoms. The van der Waals surface area contributed by atoms with E-state index >= 15 is 0 Å². The monoisotopic (exact) mass is 255 g/mol. The lowest BCUT2D eigenvalue weighted by Crippen LogP contribution is -2.53. The standard InChI is InChI=1S/C13H21N3.ClH/c1-10-4-5-13(15-6-10)9-16-8-11(2)14-7-12(16)3;/h4-6,11-12,14H,7-9H2,1-3H3;1H. The van der Waals surface area contributed by atoms with Gasteiger partial charge in [0.1, 0.15) is 0 Å². The van der Waals surface area contributed by atoms with E-state index in [0.29, 0.717) is 12.1 Å². The van der Waals surface area contributed by atoms with Crippen molar-refractivity contribution in [2.45, 2.75) is 39.4 Å². The number of halogens is 1. The molecule has 0 radical (unpaired) electrons. The van der Waals surface area contributed by atoms with Crippen LogP contribution >= 0.6 is 12.4 Å². The zero-order valence-electron chi connectivity index (χ0n) is 10.8. The minimum absolute atomic E-state index is 0. The second-order valence-corrected chi connectivity index (χ2v) is 4.91. The van der Waals surface area contributed by atoms with Gasteiger partial charge < -0.3 is 5.32 Å². The third-order valence-electron chi connectivity index (χ3n) is 3.23. The summed E-state index contributed by atoms with van der Waals surface area (Å²) < 4.78 is 0. The molecule has 17 heavy (non-hydrogen) atoms. The Bertz CT molecular complexity index is 339. The summed E-state index contributed by atoms with van der Waals surface area (Å²) >= 11 is 0. The number of hydrogen-bond donors (Lipinski definition) is 1. The van der Waals surface area contributed by atoms with Gasteiger partial charge in [-0.15, -0.1) is 12.4 Å². The molecule has 0 aromatic carbocycles. The molecule has 1 aliphatic heterocycles. The third-order valence-corrected chi connectivity index (χ3v) is 3.23. The lowest BCUT2D eigenvalue weighted by Gasteiger charge is -2.37. The molecule has 2 unspecified atom stereocenters. The first-order valence-electron chi connectivity index (χ1n) is 6.04. The van der Waals surface area contributed by atoms with Gasteiger partial charge in [-0.2, -0.15) is 0 Å². The predicted octanol–water partition coefficient (Wildman–Crippen LogP) is 1.99. The van der Waals surface area contributed by atoms with E-state index in [-0.39, 0.29) is 12.4 Å². The van der Waals surface area contributed by atoms with Gasteiger partial charge in [0.2, 0.25) is 0 Å². The van der Waals surface area contributed by atoms with Crippen LogP contribution in [0.2, 0.25) is 0 Å². The van der Waals surface area contributed by atoms with Crippen molar-refractivity contribution in [3.05, 3.63) is 29.6 Å². The maximum atomic E-state index is 4.47. The summed E-state index contributed by atoms with van der Waals surface area (Å²) in [6.07, 6.45) is 1.95. The third kappa shape index (κ3) is 3.95. The van der Waals surface area contributed by atoms with Crippen molar-refractivity contribution in [2.75, 3.05) is 13.1 Å². The van der Waals surface area contributed by atoms with E-state index in [2.05, 4.69) is 48.1 Å². The summed E-state index contributed by atoms with van der Waals surface area (Å²) in [7, 11) is 0. The van der Waals surface area contributed by atoms with E-state index in [4.69, 9.17) is 0 Å². The van der Waals surface area contributed by atoms with Crippen molar-refractivity contribution in [2.24, 2.45) is 0 Å². The molecule has 0 amide bonds. The van der Waals surface area contributed by atoms with Crippen LogP contribution in [0.3, 0.4) is 0 Å². The smallest absolute Gasteiger partial charge is 0.0544 e. The fraction of sp³-hybridized carbons (Fsp3) is 0.615. The highest BCUT2D eigenvalue weighted by Gasteiger charge is 2.22. The van der Waals surface area contributed by atoms with E-state index in [1.54, 1.807) is 0 Å². The van der Waals surface area contributed by atoms with Gasteiger partial charge in [0, 0.05) is 37.9 Å². The molecule has 1 saturated heterocycles. The molecule has 2 heterocycles. The summed E-state index contributed by atoms with van der Waals surface area (Å²) in [6, 6.07) is 5.45. The average molecular weight is 256 g/mol. The van der Waals surface area contributed by atoms with Crippen molar-refractivity contribution < 1.29 is 0 Å². The second kappa shape index (κ2) is 6.34. The van der Waals surface area contributed by atoms with Crippen molar-refractivity contribution in [3.8, 4) is 0 Å². The first-order chi connectivity index (χ1) is 7.65. The number of hydrogen-bond acceptors (Lipinski definition) is 3. The Morgan fingerprint density at radius 1 is 1.41 bits per heavy atom. The maximum absolute atomic E-state index is 4.47. The fourth-order valence-electron chi connectivity index (χ4n) is 2.12. The van der Waals surface area contributed by atoms with E-state index < -0.39 is 0 Å². The topological polar surface area (TPSA) is 28.2 Å². The summed E-state index contributed by atoms with van der Waals surface area (Å²) in [4.78, 5) is 6.97. The first kappa shape index (κ1) is 14.4. The van der Waals surface area contributed by atoms with Crippen LogP contribution in [-0.4, -0.2) is 35.1 Å². The van der Waals surface area contributed by atoms with Crippen LogP contribution in [0.4, 0.5) is 0 Å². The molecule has 1 aromatic rings. The molecule has 1 N–H and O–H groups in total. The van der Waals surface area contributed by atoms with Crippen molar-refractivity contribution in [1.82, 2.24) is 15.2 Å². The number of nitrogens with zero attached hydrogens (tertiary/aromatic N) is 2. The molecule has 1 aliphatic rings. The molecule has 1 fully saturated rings. The molecular weight excluding hydrogens is 234 g/mol. The largest absolute Gasteiger partial charge is 0.311 e. The quantitative estimate of drug-likeness (QED) is 0.876. The van der Waals surface area contributed by atoms with E-state index in [1.165, 1.54) is 11.3 Å². The summed E-state index contributed by atoms with van der Waals surface area (Å²) in [5, 5.41) is 3.49. The molecular formula is C13H22ClN3. The van der Waals surface area contributed by atoms with E-state index in [1.807, 2.05) is 6.20 Å². The zero-order chi connectivity index (χ0) is 11.5. The van der Waals surface area contributed by atoms with Crippen LogP contribution in [0.25, 0.3) is 0 Å². The summed E-state index contributed by atoms with van der Waals surface area (Å²) in [5.41, 5.74) is 2.40. The van der Waals surface area contributed by atoms with Gasteiger partial charge in [-0.3, -0.25) is 9.88 Å². The van der Waals surface area contributed by atoms with Crippen LogP contribution in [0, 0.1) is 6.92 Å². The number of aryl methyl sites for hydroxylation is 1. The van der Waals surface area contributed by atoms with Gasteiger partial charge in [0.05, 0.1) is 5.69 Å².